The van der Waals surface area contributed by atoms with Gasteiger partial charge in [0.05, 0.1) is 5.02 Å². The zero-order valence-electron chi connectivity index (χ0n) is 9.21. The maximum absolute atomic E-state index is 13.3. The van der Waals surface area contributed by atoms with Gasteiger partial charge >= 0.3 is 0 Å². The minimum Gasteiger partial charge on any atom is -0.384 e. The largest absolute Gasteiger partial charge is 0.384 e. The van der Waals surface area contributed by atoms with E-state index in [2.05, 4.69) is 4.90 Å². The fraction of sp³-hybridized carbons (Fsp3) is 0.500. The van der Waals surface area contributed by atoms with Gasteiger partial charge in [-0.3, -0.25) is 0 Å². The minimum atomic E-state index is -0.929. The Labute approximate surface area is 99.6 Å². The number of β-amino-alcohol motifs (C(OH)–C–C–N with tert-alkyl or cyclic N) is 1. The average Bonchev–Trinajstić information content (AvgIpc) is 2.66. The summed E-state index contributed by atoms with van der Waals surface area (Å²) in [6.07, 6.45) is 0.641. The number of likely N-dealkylation sites (N-methyl/N-ethyl adjacent to an activating group) is 1. The van der Waals surface area contributed by atoms with Crippen molar-refractivity contribution in [1.29, 1.82) is 0 Å². The first-order valence-electron chi connectivity index (χ1n) is 5.45. The lowest BCUT2D eigenvalue weighted by atomic mass is 9.93. The lowest BCUT2D eigenvalue weighted by Gasteiger charge is -2.23. The molecular formula is C12H15ClFNO. The Morgan fingerprint density at radius 3 is 2.88 bits per heavy atom. The van der Waals surface area contributed by atoms with Crippen LogP contribution in [0.3, 0.4) is 0 Å². The van der Waals surface area contributed by atoms with Crippen molar-refractivity contribution in [2.24, 2.45) is 0 Å². The van der Waals surface area contributed by atoms with Crippen LogP contribution in [0, 0.1) is 5.82 Å². The van der Waals surface area contributed by atoms with Crippen LogP contribution in [0.2, 0.25) is 5.02 Å². The molecule has 2 rings (SSSR count). The van der Waals surface area contributed by atoms with Gasteiger partial charge in [0.15, 0.2) is 0 Å². The van der Waals surface area contributed by atoms with E-state index in [0.717, 1.165) is 13.1 Å². The molecule has 88 valence electrons. The summed E-state index contributed by atoms with van der Waals surface area (Å²) in [5.74, 6) is -0.470. The smallest absolute Gasteiger partial charge is 0.142 e. The summed E-state index contributed by atoms with van der Waals surface area (Å²) < 4.78 is 13.3. The van der Waals surface area contributed by atoms with Crippen LogP contribution in [0.5, 0.6) is 0 Å². The van der Waals surface area contributed by atoms with Crippen LogP contribution in [-0.2, 0) is 5.60 Å². The highest BCUT2D eigenvalue weighted by Gasteiger charge is 2.37. The summed E-state index contributed by atoms with van der Waals surface area (Å²) in [6.45, 7) is 4.36. The minimum absolute atomic E-state index is 0.0951. The Morgan fingerprint density at radius 2 is 2.31 bits per heavy atom. The van der Waals surface area contributed by atoms with Gasteiger partial charge in [-0.25, -0.2) is 4.39 Å². The maximum atomic E-state index is 13.3. The summed E-state index contributed by atoms with van der Waals surface area (Å²) >= 11 is 5.62. The van der Waals surface area contributed by atoms with E-state index in [4.69, 9.17) is 11.6 Å². The van der Waals surface area contributed by atoms with Crippen LogP contribution in [0.15, 0.2) is 18.2 Å². The zero-order chi connectivity index (χ0) is 11.8. The zero-order valence-corrected chi connectivity index (χ0v) is 9.97. The lowest BCUT2D eigenvalue weighted by molar-refractivity contribution is 0.0464. The highest BCUT2D eigenvalue weighted by molar-refractivity contribution is 6.30. The maximum Gasteiger partial charge on any atom is 0.142 e. The van der Waals surface area contributed by atoms with E-state index in [0.29, 0.717) is 18.5 Å². The highest BCUT2D eigenvalue weighted by Crippen LogP contribution is 2.33. The molecule has 1 aliphatic heterocycles. The molecule has 0 bridgehead atoms. The van der Waals surface area contributed by atoms with E-state index >= 15 is 0 Å². The monoisotopic (exact) mass is 243 g/mol. The molecule has 1 heterocycles. The number of rotatable bonds is 2. The number of nitrogens with zero attached hydrogens (tertiary/aromatic N) is 1. The van der Waals surface area contributed by atoms with Gasteiger partial charge in [-0.05, 0) is 30.7 Å². The number of halogens is 2. The Hall–Kier alpha value is -0.640. The molecule has 0 radical (unpaired) electrons. The van der Waals surface area contributed by atoms with Crippen LogP contribution in [0.25, 0.3) is 0 Å². The van der Waals surface area contributed by atoms with Gasteiger partial charge < -0.3 is 10.0 Å². The number of hydrogen-bond acceptors (Lipinski definition) is 2. The van der Waals surface area contributed by atoms with Crippen molar-refractivity contribution in [3.8, 4) is 0 Å². The molecule has 1 unspecified atom stereocenters. The van der Waals surface area contributed by atoms with E-state index in [1.54, 1.807) is 6.07 Å². The van der Waals surface area contributed by atoms with Crippen molar-refractivity contribution in [2.45, 2.75) is 18.9 Å². The van der Waals surface area contributed by atoms with Gasteiger partial charge in [-0.1, -0.05) is 24.6 Å². The number of likely N-dealkylation sites (tertiary alicyclic amines) is 1. The number of aliphatic hydroxyl groups is 1. The van der Waals surface area contributed by atoms with Gasteiger partial charge in [0, 0.05) is 13.1 Å². The molecule has 4 heteroatoms. The summed E-state index contributed by atoms with van der Waals surface area (Å²) in [7, 11) is 0. The molecule has 1 aromatic rings. The fourth-order valence-corrected chi connectivity index (χ4v) is 2.28. The quantitative estimate of drug-likeness (QED) is 0.862. The van der Waals surface area contributed by atoms with Gasteiger partial charge in [-0.2, -0.15) is 0 Å². The fourth-order valence-electron chi connectivity index (χ4n) is 2.16. The van der Waals surface area contributed by atoms with Crippen LogP contribution >= 0.6 is 11.6 Å². The lowest BCUT2D eigenvalue weighted by Crippen LogP contribution is -2.30. The summed E-state index contributed by atoms with van der Waals surface area (Å²) in [5, 5.41) is 10.5. The molecule has 1 aromatic carbocycles. The molecule has 1 aliphatic rings. The van der Waals surface area contributed by atoms with Crippen molar-refractivity contribution < 1.29 is 9.50 Å². The standard InChI is InChI=1S/C12H15ClFNO/c1-2-15-6-5-12(16,8-15)9-3-4-10(13)11(14)7-9/h3-4,7,16H,2,5-6,8H2,1H3. The summed E-state index contributed by atoms with van der Waals surface area (Å²) in [5.41, 5.74) is -0.313. The first-order valence-corrected chi connectivity index (χ1v) is 5.83. The van der Waals surface area contributed by atoms with Gasteiger partial charge in [-0.15, -0.1) is 0 Å². The molecule has 1 atom stereocenters. The first-order chi connectivity index (χ1) is 7.55. The second kappa shape index (κ2) is 4.32. The van der Waals surface area contributed by atoms with Crippen molar-refractivity contribution in [3.63, 3.8) is 0 Å². The molecule has 0 aromatic heterocycles. The Kier molecular flexibility index (Phi) is 3.19. The SMILES string of the molecule is CCN1CCC(O)(c2ccc(Cl)c(F)c2)C1. The van der Waals surface area contributed by atoms with Crippen LogP contribution in [-0.4, -0.2) is 29.6 Å². The van der Waals surface area contributed by atoms with Gasteiger partial charge in [0.25, 0.3) is 0 Å². The predicted octanol–water partition coefficient (Wildman–Crippen LogP) is 2.39. The van der Waals surface area contributed by atoms with Gasteiger partial charge in [0.2, 0.25) is 0 Å². The normalized spacial score (nSPS) is 26.2. The number of benzene rings is 1. The van der Waals surface area contributed by atoms with Crippen molar-refractivity contribution in [1.82, 2.24) is 4.90 Å². The molecule has 16 heavy (non-hydrogen) atoms. The Balaban J connectivity index is 2.27. The topological polar surface area (TPSA) is 23.5 Å². The Bertz CT molecular complexity index is 399. The van der Waals surface area contributed by atoms with E-state index in [-0.39, 0.29) is 5.02 Å². The number of hydrogen-bond donors (Lipinski definition) is 1. The molecule has 1 N–H and O–H groups in total. The van der Waals surface area contributed by atoms with Gasteiger partial charge in [0.1, 0.15) is 11.4 Å². The third-order valence-corrected chi connectivity index (χ3v) is 3.54. The molecular weight excluding hydrogens is 229 g/mol. The first kappa shape index (κ1) is 11.8. The Morgan fingerprint density at radius 1 is 1.56 bits per heavy atom. The molecule has 0 aliphatic carbocycles. The van der Waals surface area contributed by atoms with E-state index < -0.39 is 11.4 Å². The highest BCUT2D eigenvalue weighted by atomic mass is 35.5. The second-order valence-corrected chi connectivity index (χ2v) is 4.69. The average molecular weight is 244 g/mol. The van der Waals surface area contributed by atoms with Crippen molar-refractivity contribution in [2.75, 3.05) is 19.6 Å². The molecule has 2 nitrogen and oxygen atoms in total. The predicted molar refractivity (Wildman–Crippen MR) is 62.0 cm³/mol. The van der Waals surface area contributed by atoms with Crippen molar-refractivity contribution >= 4 is 11.6 Å². The summed E-state index contributed by atoms with van der Waals surface area (Å²) in [6, 6.07) is 4.53. The van der Waals surface area contributed by atoms with Crippen LogP contribution < -0.4 is 0 Å². The second-order valence-electron chi connectivity index (χ2n) is 4.28. The molecule has 0 spiro atoms. The van der Waals surface area contributed by atoms with Crippen LogP contribution in [0.4, 0.5) is 4.39 Å². The third kappa shape index (κ3) is 2.08. The van der Waals surface area contributed by atoms with E-state index in [9.17, 15) is 9.50 Å². The molecule has 1 saturated heterocycles. The van der Waals surface area contributed by atoms with E-state index in [1.165, 1.54) is 12.1 Å². The molecule has 1 fully saturated rings. The molecule has 0 amide bonds. The summed E-state index contributed by atoms with van der Waals surface area (Å²) in [4.78, 5) is 2.15. The van der Waals surface area contributed by atoms with Crippen LogP contribution in [0.1, 0.15) is 18.9 Å². The molecule has 0 saturated carbocycles. The third-order valence-electron chi connectivity index (χ3n) is 3.23. The van der Waals surface area contributed by atoms with E-state index in [1.807, 2.05) is 6.92 Å². The van der Waals surface area contributed by atoms with Crippen molar-refractivity contribution in [3.05, 3.63) is 34.6 Å².